The van der Waals surface area contributed by atoms with Gasteiger partial charge in [0, 0.05) is 0 Å². The lowest BCUT2D eigenvalue weighted by Gasteiger charge is -2.32. The van der Waals surface area contributed by atoms with E-state index in [1.54, 1.807) is 0 Å². The van der Waals surface area contributed by atoms with Gasteiger partial charge in [-0.3, -0.25) is 14.8 Å². The van der Waals surface area contributed by atoms with E-state index in [2.05, 4.69) is 36.1 Å². The van der Waals surface area contributed by atoms with E-state index in [1.807, 2.05) is 24.3 Å². The van der Waals surface area contributed by atoms with Crippen LogP contribution < -0.4 is 5.32 Å². The molecule has 29 heavy (non-hydrogen) atoms. The van der Waals surface area contributed by atoms with Crippen LogP contribution in [0.25, 0.3) is 11.0 Å². The van der Waals surface area contributed by atoms with Gasteiger partial charge in [-0.15, -0.1) is 0 Å². The molecule has 1 aliphatic carbocycles. The van der Waals surface area contributed by atoms with E-state index in [9.17, 15) is 14.8 Å². The molecule has 0 saturated heterocycles. The zero-order valence-corrected chi connectivity index (χ0v) is 17.5. The van der Waals surface area contributed by atoms with Crippen LogP contribution in [0.5, 0.6) is 0 Å². The first-order valence-corrected chi connectivity index (χ1v) is 10.4. The van der Waals surface area contributed by atoms with Crippen LogP contribution in [-0.4, -0.2) is 39.1 Å². The summed E-state index contributed by atoms with van der Waals surface area (Å²) in [5.41, 5.74) is 1.51. The predicted molar refractivity (Wildman–Crippen MR) is 111 cm³/mol. The zero-order chi connectivity index (χ0) is 21.0. The first-order valence-electron chi connectivity index (χ1n) is 10.4. The van der Waals surface area contributed by atoms with Gasteiger partial charge in [0.2, 0.25) is 12.3 Å². The number of hydroxylamine groups is 2. The molecule has 2 aromatic rings. The Bertz CT molecular complexity index is 803. The summed E-state index contributed by atoms with van der Waals surface area (Å²) in [6.45, 7) is 6.17. The molecule has 0 spiro atoms. The summed E-state index contributed by atoms with van der Waals surface area (Å²) < 4.78 is 0. The zero-order valence-electron chi connectivity index (χ0n) is 17.5. The summed E-state index contributed by atoms with van der Waals surface area (Å²) in [6.07, 6.45) is 5.59. The summed E-state index contributed by atoms with van der Waals surface area (Å²) in [4.78, 5) is 32.2. The van der Waals surface area contributed by atoms with Gasteiger partial charge in [-0.05, 0) is 29.9 Å². The molecule has 158 valence electrons. The third-order valence-corrected chi connectivity index (χ3v) is 5.83. The smallest absolute Gasteiger partial charge is 0.233 e. The van der Waals surface area contributed by atoms with Crippen molar-refractivity contribution in [2.45, 2.75) is 58.9 Å². The SMILES string of the molecule is CC(C)(C)C(NC(=O)C(CC1CCCC1)CN(O)C=O)c1nc2ccccc2[nH]1. The molecular weight excluding hydrogens is 368 g/mol. The highest BCUT2D eigenvalue weighted by Crippen LogP contribution is 2.34. The van der Waals surface area contributed by atoms with Crippen molar-refractivity contribution >= 4 is 23.4 Å². The summed E-state index contributed by atoms with van der Waals surface area (Å²) >= 11 is 0. The number of carbonyl (C=O) groups excluding carboxylic acids is 2. The van der Waals surface area contributed by atoms with Crippen LogP contribution in [0.15, 0.2) is 24.3 Å². The summed E-state index contributed by atoms with van der Waals surface area (Å²) in [5, 5.41) is 13.5. The van der Waals surface area contributed by atoms with Gasteiger partial charge < -0.3 is 10.3 Å². The van der Waals surface area contributed by atoms with Gasteiger partial charge >= 0.3 is 0 Å². The Morgan fingerprint density at radius 1 is 1.34 bits per heavy atom. The van der Waals surface area contributed by atoms with E-state index in [0.717, 1.165) is 23.9 Å². The number of imidazole rings is 1. The predicted octanol–water partition coefficient (Wildman–Crippen LogP) is 3.81. The second-order valence-corrected chi connectivity index (χ2v) is 9.26. The molecule has 3 N–H and O–H groups in total. The maximum absolute atomic E-state index is 13.2. The number of benzene rings is 1. The summed E-state index contributed by atoms with van der Waals surface area (Å²) in [6, 6.07) is 7.46. The van der Waals surface area contributed by atoms with Crippen LogP contribution in [-0.2, 0) is 9.59 Å². The molecule has 2 unspecified atom stereocenters. The molecule has 2 atom stereocenters. The summed E-state index contributed by atoms with van der Waals surface area (Å²) in [5.74, 6) is 0.564. The molecule has 2 amide bonds. The molecule has 7 nitrogen and oxygen atoms in total. The third-order valence-electron chi connectivity index (χ3n) is 5.83. The fourth-order valence-corrected chi connectivity index (χ4v) is 4.25. The molecule has 1 heterocycles. The van der Waals surface area contributed by atoms with Gasteiger partial charge in [0.15, 0.2) is 0 Å². The number of hydrogen-bond acceptors (Lipinski definition) is 4. The molecule has 0 bridgehead atoms. The Labute approximate surface area is 171 Å². The Morgan fingerprint density at radius 2 is 2.03 bits per heavy atom. The minimum atomic E-state index is -0.456. The Morgan fingerprint density at radius 3 is 2.66 bits per heavy atom. The highest BCUT2D eigenvalue weighted by molar-refractivity contribution is 5.80. The fourth-order valence-electron chi connectivity index (χ4n) is 4.25. The van der Waals surface area contributed by atoms with Gasteiger partial charge in [-0.1, -0.05) is 58.6 Å². The van der Waals surface area contributed by atoms with E-state index in [4.69, 9.17) is 0 Å². The molecular formula is C22H32N4O3. The fraction of sp³-hybridized carbons (Fsp3) is 0.591. The maximum Gasteiger partial charge on any atom is 0.233 e. The molecule has 1 aromatic heterocycles. The number of fused-ring (bicyclic) bond motifs is 1. The highest BCUT2D eigenvalue weighted by Gasteiger charge is 2.34. The molecule has 1 saturated carbocycles. The number of aromatic nitrogens is 2. The van der Waals surface area contributed by atoms with Crippen molar-refractivity contribution in [3.8, 4) is 0 Å². The lowest BCUT2D eigenvalue weighted by molar-refractivity contribution is -0.155. The number of amides is 2. The molecule has 3 rings (SSSR count). The number of nitrogens with one attached hydrogen (secondary N) is 2. The number of aromatic amines is 1. The first kappa shape index (κ1) is 21.3. The van der Waals surface area contributed by atoms with Crippen molar-refractivity contribution in [3.63, 3.8) is 0 Å². The standard InChI is InChI=1S/C22H32N4O3/c1-22(2,3)19(20-23-17-10-6-7-11-18(17)24-20)25-21(28)16(13-26(29)14-27)12-15-8-4-5-9-15/h6-7,10-11,14-16,19,29H,4-5,8-9,12-13H2,1-3H3,(H,23,24)(H,25,28). The van der Waals surface area contributed by atoms with Crippen LogP contribution in [0.1, 0.15) is 64.7 Å². The molecule has 0 aliphatic heterocycles. The minimum Gasteiger partial charge on any atom is -0.345 e. The number of H-pyrrole nitrogens is 1. The lowest BCUT2D eigenvalue weighted by atomic mass is 9.85. The van der Waals surface area contributed by atoms with Gasteiger partial charge in [0.25, 0.3) is 0 Å². The molecule has 7 heteroatoms. The van der Waals surface area contributed by atoms with E-state index in [0.29, 0.717) is 29.6 Å². The van der Waals surface area contributed by atoms with Gasteiger partial charge in [-0.25, -0.2) is 10.0 Å². The van der Waals surface area contributed by atoms with Crippen LogP contribution in [0.3, 0.4) is 0 Å². The van der Waals surface area contributed by atoms with Gasteiger partial charge in [-0.2, -0.15) is 0 Å². The maximum atomic E-state index is 13.2. The summed E-state index contributed by atoms with van der Waals surface area (Å²) in [7, 11) is 0. The third kappa shape index (κ3) is 5.35. The largest absolute Gasteiger partial charge is 0.345 e. The van der Waals surface area contributed by atoms with Crippen molar-refractivity contribution in [1.29, 1.82) is 0 Å². The van der Waals surface area contributed by atoms with Crippen molar-refractivity contribution in [1.82, 2.24) is 20.3 Å². The van der Waals surface area contributed by atoms with Crippen LogP contribution in [0.4, 0.5) is 0 Å². The molecule has 0 radical (unpaired) electrons. The van der Waals surface area contributed by atoms with Crippen LogP contribution >= 0.6 is 0 Å². The van der Waals surface area contributed by atoms with Gasteiger partial charge in [0.05, 0.1) is 29.5 Å². The number of rotatable bonds is 8. The Hall–Kier alpha value is -2.41. The number of hydrogen-bond donors (Lipinski definition) is 3. The van der Waals surface area contributed by atoms with Crippen molar-refractivity contribution in [2.75, 3.05) is 6.54 Å². The van der Waals surface area contributed by atoms with Crippen molar-refractivity contribution < 1.29 is 14.8 Å². The normalized spacial score (nSPS) is 17.2. The van der Waals surface area contributed by atoms with Crippen LogP contribution in [0.2, 0.25) is 0 Å². The average Bonchev–Trinajstić information content (AvgIpc) is 3.33. The molecule has 1 aromatic carbocycles. The van der Waals surface area contributed by atoms with E-state index >= 15 is 0 Å². The van der Waals surface area contributed by atoms with Crippen molar-refractivity contribution in [2.24, 2.45) is 17.3 Å². The second kappa shape index (κ2) is 8.95. The topological polar surface area (TPSA) is 98.3 Å². The van der Waals surface area contributed by atoms with Gasteiger partial charge in [0.1, 0.15) is 5.82 Å². The minimum absolute atomic E-state index is 0.00280. The number of nitrogens with zero attached hydrogens (tertiary/aromatic N) is 2. The Balaban J connectivity index is 1.81. The van der Waals surface area contributed by atoms with E-state index in [1.165, 1.54) is 12.8 Å². The Kier molecular flexibility index (Phi) is 6.57. The number of para-hydroxylation sites is 2. The molecule has 1 fully saturated rings. The van der Waals surface area contributed by atoms with Crippen molar-refractivity contribution in [3.05, 3.63) is 30.1 Å². The second-order valence-electron chi connectivity index (χ2n) is 9.26. The van der Waals surface area contributed by atoms with E-state index in [-0.39, 0.29) is 23.9 Å². The van der Waals surface area contributed by atoms with Crippen LogP contribution in [0, 0.1) is 17.3 Å². The number of carbonyl (C=O) groups is 2. The highest BCUT2D eigenvalue weighted by atomic mass is 16.5. The quantitative estimate of drug-likeness (QED) is 0.356. The first-order chi connectivity index (χ1) is 13.8. The molecule has 1 aliphatic rings. The lowest BCUT2D eigenvalue weighted by Crippen LogP contribution is -2.43. The van der Waals surface area contributed by atoms with E-state index < -0.39 is 5.92 Å². The monoisotopic (exact) mass is 400 g/mol. The average molecular weight is 401 g/mol.